The van der Waals surface area contributed by atoms with Crippen LogP contribution >= 0.6 is 11.6 Å². The molecule has 0 aromatic heterocycles. The average Bonchev–Trinajstić information content (AvgIpc) is 3.04. The minimum atomic E-state index is -1.54. The second kappa shape index (κ2) is 12.4. The standard InChI is InChI=1S/C34H38ClNO10/c1-41-34(33(45-46-34)22-12-19-11-20(14-22)15-23(33)13-19)25-9-6-21(3-2-10-36)31(27(25)35)42-17-18-4-7-24(8-5-18)43-32-30(40)29(39)28(38)26(16-37)44-32/h2-9,19-20,22-23,26,28-30,32,37-40H,11-17H2,1H3/b3-2+. The summed E-state index contributed by atoms with van der Waals surface area (Å²) >= 11 is 7.15. The molecule has 46 heavy (non-hydrogen) atoms. The molecule has 0 radical (unpaired) electrons. The van der Waals surface area contributed by atoms with Crippen LogP contribution in [0.4, 0.5) is 0 Å². The molecule has 2 aliphatic heterocycles. The average molecular weight is 656 g/mol. The second-order valence-electron chi connectivity index (χ2n) is 13.1. The number of allylic oxidation sites excluding steroid dienone is 1. The zero-order valence-corrected chi connectivity index (χ0v) is 26.1. The maximum atomic E-state index is 10.3. The third-order valence-corrected chi connectivity index (χ3v) is 11.1. The Morgan fingerprint density at radius 3 is 2.24 bits per heavy atom. The Hall–Kier alpha value is -2.76. The lowest BCUT2D eigenvalue weighted by Gasteiger charge is -2.68. The molecule has 12 heteroatoms. The van der Waals surface area contributed by atoms with Crippen molar-refractivity contribution in [2.75, 3.05) is 13.7 Å². The van der Waals surface area contributed by atoms with Crippen molar-refractivity contribution in [1.29, 1.82) is 5.26 Å². The molecule has 246 valence electrons. The van der Waals surface area contributed by atoms with Gasteiger partial charge in [-0.25, -0.2) is 4.89 Å². The van der Waals surface area contributed by atoms with Crippen molar-refractivity contribution in [2.24, 2.45) is 23.7 Å². The van der Waals surface area contributed by atoms with Gasteiger partial charge >= 0.3 is 0 Å². The lowest BCUT2D eigenvalue weighted by atomic mass is 9.47. The van der Waals surface area contributed by atoms with Gasteiger partial charge in [-0.05, 0) is 79.5 Å². The van der Waals surface area contributed by atoms with Gasteiger partial charge in [0.05, 0.1) is 17.7 Å². The third-order valence-electron chi connectivity index (χ3n) is 10.7. The van der Waals surface area contributed by atoms with Gasteiger partial charge in [-0.1, -0.05) is 35.9 Å². The molecule has 1 spiro atoms. The molecule has 4 N–H and O–H groups in total. The quantitative estimate of drug-likeness (QED) is 0.231. The zero-order valence-electron chi connectivity index (χ0n) is 25.3. The Kier molecular flexibility index (Phi) is 8.55. The summed E-state index contributed by atoms with van der Waals surface area (Å²) in [6, 6.07) is 12.5. The summed E-state index contributed by atoms with van der Waals surface area (Å²) in [6.07, 6.45) is 1.73. The van der Waals surface area contributed by atoms with Gasteiger partial charge in [0, 0.05) is 24.3 Å². The molecule has 6 fully saturated rings. The van der Waals surface area contributed by atoms with Gasteiger partial charge in [0.15, 0.2) is 5.60 Å². The SMILES string of the molecule is COC1(c2ccc(/C=C/C#N)c(OCc3ccc(OC4OC(CO)C(O)C(O)C4O)cc3)c2Cl)OOC12C1CC3CC(C1)CC2C3. The van der Waals surface area contributed by atoms with Gasteiger partial charge in [-0.3, -0.25) is 0 Å². The number of halogens is 1. The van der Waals surface area contributed by atoms with E-state index in [0.717, 1.165) is 31.2 Å². The monoisotopic (exact) mass is 655 g/mol. The molecule has 4 bridgehead atoms. The maximum absolute atomic E-state index is 10.3. The van der Waals surface area contributed by atoms with E-state index in [1.807, 2.05) is 18.2 Å². The van der Waals surface area contributed by atoms with Gasteiger partial charge in [0.2, 0.25) is 6.29 Å². The Labute approximate surface area is 271 Å². The van der Waals surface area contributed by atoms with Crippen LogP contribution in [0.1, 0.15) is 48.8 Å². The molecule has 6 unspecified atom stereocenters. The highest BCUT2D eigenvalue weighted by Gasteiger charge is 2.77. The zero-order chi connectivity index (χ0) is 32.2. The van der Waals surface area contributed by atoms with Crippen molar-refractivity contribution in [3.63, 3.8) is 0 Å². The largest absolute Gasteiger partial charge is 0.487 e. The predicted octanol–water partition coefficient (Wildman–Crippen LogP) is 3.59. The van der Waals surface area contributed by atoms with Crippen LogP contribution in [0.5, 0.6) is 11.5 Å². The topological polar surface area (TPSA) is 160 Å². The number of methoxy groups -OCH3 is 1. The molecule has 2 saturated heterocycles. The number of rotatable bonds is 9. The van der Waals surface area contributed by atoms with E-state index >= 15 is 0 Å². The number of nitriles is 1. The van der Waals surface area contributed by atoms with E-state index in [0.29, 0.717) is 51.3 Å². The lowest BCUT2D eigenvalue weighted by molar-refractivity contribution is -0.645. The summed E-state index contributed by atoms with van der Waals surface area (Å²) in [5, 5.41) is 49.3. The second-order valence-corrected chi connectivity index (χ2v) is 13.5. The molecule has 6 atom stereocenters. The van der Waals surface area contributed by atoms with Crippen LogP contribution in [0, 0.1) is 35.0 Å². The number of hydrogen-bond donors (Lipinski definition) is 4. The predicted molar refractivity (Wildman–Crippen MR) is 162 cm³/mol. The van der Waals surface area contributed by atoms with Gasteiger partial charge in [0.25, 0.3) is 5.79 Å². The molecule has 2 heterocycles. The van der Waals surface area contributed by atoms with Crippen LogP contribution in [0.3, 0.4) is 0 Å². The van der Waals surface area contributed by atoms with E-state index in [2.05, 4.69) is 0 Å². The molecule has 6 aliphatic rings. The molecular weight excluding hydrogens is 618 g/mol. The Morgan fingerprint density at radius 2 is 1.65 bits per heavy atom. The highest BCUT2D eigenvalue weighted by molar-refractivity contribution is 6.33. The molecule has 2 aromatic rings. The number of benzene rings is 2. The van der Waals surface area contributed by atoms with E-state index in [4.69, 9.17) is 40.3 Å². The Bertz CT molecular complexity index is 1480. The fraction of sp³-hybridized carbons (Fsp3) is 0.559. The summed E-state index contributed by atoms with van der Waals surface area (Å²) < 4.78 is 23.7. The van der Waals surface area contributed by atoms with Crippen LogP contribution in [0.15, 0.2) is 42.5 Å². The minimum absolute atomic E-state index is 0.119. The maximum Gasteiger partial charge on any atom is 0.262 e. The van der Waals surface area contributed by atoms with Crippen molar-refractivity contribution >= 4 is 17.7 Å². The summed E-state index contributed by atoms with van der Waals surface area (Å²) in [4.78, 5) is 12.1. The summed E-state index contributed by atoms with van der Waals surface area (Å²) in [5.74, 6) is 1.56. The number of ether oxygens (including phenoxy) is 4. The van der Waals surface area contributed by atoms with Gasteiger partial charge in [0.1, 0.15) is 42.5 Å². The molecule has 0 amide bonds. The van der Waals surface area contributed by atoms with Gasteiger partial charge in [-0.2, -0.15) is 10.1 Å². The highest BCUT2D eigenvalue weighted by Crippen LogP contribution is 2.70. The molecule has 4 saturated carbocycles. The van der Waals surface area contributed by atoms with E-state index in [1.54, 1.807) is 37.5 Å². The van der Waals surface area contributed by atoms with E-state index < -0.39 is 48.7 Å². The summed E-state index contributed by atoms with van der Waals surface area (Å²) in [5.41, 5.74) is 1.38. The molecule has 2 aromatic carbocycles. The fourth-order valence-electron chi connectivity index (χ4n) is 8.68. The minimum Gasteiger partial charge on any atom is -0.487 e. The van der Waals surface area contributed by atoms with Crippen molar-refractivity contribution in [1.82, 2.24) is 0 Å². The number of hydrogen-bond acceptors (Lipinski definition) is 11. The number of aliphatic hydroxyl groups excluding tert-OH is 4. The van der Waals surface area contributed by atoms with Crippen molar-refractivity contribution in [2.45, 2.75) is 80.8 Å². The van der Waals surface area contributed by atoms with Gasteiger partial charge in [-0.15, -0.1) is 0 Å². The molecule has 11 nitrogen and oxygen atoms in total. The number of nitrogens with zero attached hydrogens (tertiary/aromatic N) is 1. The third kappa shape index (κ3) is 4.94. The smallest absolute Gasteiger partial charge is 0.262 e. The fourth-order valence-corrected chi connectivity index (χ4v) is 9.03. The summed E-state index contributed by atoms with van der Waals surface area (Å²) in [7, 11) is 1.63. The first kappa shape index (κ1) is 31.8. The molecule has 8 rings (SSSR count). The first-order chi connectivity index (χ1) is 22.2. The molecule has 4 aliphatic carbocycles. The van der Waals surface area contributed by atoms with Gasteiger partial charge < -0.3 is 39.4 Å². The normalized spacial score (nSPS) is 39.4. The Morgan fingerprint density at radius 1 is 0.957 bits per heavy atom. The van der Waals surface area contributed by atoms with E-state index in [9.17, 15) is 25.7 Å². The first-order valence-corrected chi connectivity index (χ1v) is 16.1. The van der Waals surface area contributed by atoms with Crippen LogP contribution in [-0.2, 0) is 31.6 Å². The van der Waals surface area contributed by atoms with Crippen LogP contribution < -0.4 is 9.47 Å². The Balaban J connectivity index is 1.12. The van der Waals surface area contributed by atoms with Crippen LogP contribution in [-0.4, -0.2) is 70.4 Å². The lowest BCUT2D eigenvalue weighted by Crippen LogP contribution is -2.76. The van der Waals surface area contributed by atoms with Crippen LogP contribution in [0.2, 0.25) is 5.02 Å². The summed E-state index contributed by atoms with van der Waals surface area (Å²) in [6.45, 7) is -0.432. The first-order valence-electron chi connectivity index (χ1n) is 15.7. The van der Waals surface area contributed by atoms with Crippen molar-refractivity contribution < 1.29 is 49.1 Å². The number of aliphatic hydroxyl groups is 4. The van der Waals surface area contributed by atoms with Crippen molar-refractivity contribution in [3.8, 4) is 17.6 Å². The van der Waals surface area contributed by atoms with E-state index in [1.165, 1.54) is 12.5 Å². The molecular formula is C34H38ClNO10. The van der Waals surface area contributed by atoms with E-state index in [-0.39, 0.29) is 6.61 Å². The van der Waals surface area contributed by atoms with Crippen LogP contribution in [0.25, 0.3) is 6.08 Å². The highest BCUT2D eigenvalue weighted by atomic mass is 35.5. The van der Waals surface area contributed by atoms with Crippen molar-refractivity contribution in [3.05, 3.63) is 64.2 Å².